The number of methoxy groups -OCH3 is 1. The van der Waals surface area contributed by atoms with Crippen LogP contribution in [0.3, 0.4) is 0 Å². The van der Waals surface area contributed by atoms with Crippen molar-refractivity contribution >= 4 is 42.2 Å². The van der Waals surface area contributed by atoms with Gasteiger partial charge in [-0.05, 0) is 64.7 Å². The lowest BCUT2D eigenvalue weighted by molar-refractivity contribution is -0.391. The molecule has 0 spiro atoms. The van der Waals surface area contributed by atoms with Gasteiger partial charge in [0.25, 0.3) is 0 Å². The fourth-order valence-electron chi connectivity index (χ4n) is 7.24. The summed E-state index contributed by atoms with van der Waals surface area (Å²) in [6.07, 6.45) is -3.85. The van der Waals surface area contributed by atoms with E-state index in [1.54, 1.807) is 7.11 Å². The Balaban J connectivity index is 1.38. The van der Waals surface area contributed by atoms with Crippen molar-refractivity contribution in [3.05, 3.63) is 156 Å². The fraction of sp³-hybridized carbons (Fsp3) is 0.347. The Morgan fingerprint density at radius 2 is 1.28 bits per heavy atom. The number of ketones is 1. The predicted molar refractivity (Wildman–Crippen MR) is 238 cm³/mol. The van der Waals surface area contributed by atoms with E-state index in [0.29, 0.717) is 5.75 Å². The van der Waals surface area contributed by atoms with Gasteiger partial charge in [-0.1, -0.05) is 153 Å². The number of esters is 1. The average Bonchev–Trinajstić information content (AvgIpc) is 3.26. The molecule has 5 atom stereocenters. The maximum Gasteiger partial charge on any atom is 0.306 e. The first kappa shape index (κ1) is 45.9. The Labute approximate surface area is 364 Å². The molecule has 0 bridgehead atoms. The van der Waals surface area contributed by atoms with Gasteiger partial charge in [0.2, 0.25) is 0 Å². The highest BCUT2D eigenvalue weighted by atomic mass is 32.2. The highest BCUT2D eigenvalue weighted by Gasteiger charge is 2.54. The zero-order valence-corrected chi connectivity index (χ0v) is 37.5. The Morgan fingerprint density at radius 3 is 1.85 bits per heavy atom. The molecule has 1 fully saturated rings. The largest absolute Gasteiger partial charge is 0.497 e. The van der Waals surface area contributed by atoms with Crippen LogP contribution in [0.15, 0.2) is 144 Å². The monoisotopic (exact) mass is 864 g/mol. The van der Waals surface area contributed by atoms with Gasteiger partial charge in [0.05, 0.1) is 20.1 Å². The molecule has 1 saturated heterocycles. The maximum absolute atomic E-state index is 13.5. The summed E-state index contributed by atoms with van der Waals surface area (Å²) in [7, 11) is -1.53. The molecule has 6 rings (SSSR count). The predicted octanol–water partition coefficient (Wildman–Crippen LogP) is 8.71. The van der Waals surface area contributed by atoms with Gasteiger partial charge in [-0.2, -0.15) is 0 Å². The van der Waals surface area contributed by atoms with Crippen LogP contribution in [-0.2, 0) is 56.3 Å². The van der Waals surface area contributed by atoms with E-state index < -0.39 is 44.1 Å². The zero-order chi connectivity index (χ0) is 43.2. The van der Waals surface area contributed by atoms with E-state index in [-0.39, 0.29) is 43.5 Å². The van der Waals surface area contributed by atoms with Crippen LogP contribution in [-0.4, -0.2) is 63.6 Å². The van der Waals surface area contributed by atoms with Gasteiger partial charge in [-0.15, -0.1) is 0 Å². The second kappa shape index (κ2) is 21.9. The van der Waals surface area contributed by atoms with E-state index >= 15 is 0 Å². The molecule has 0 radical (unpaired) electrons. The van der Waals surface area contributed by atoms with Gasteiger partial charge in [0.1, 0.15) is 42.4 Å². The number of ether oxygens (including phenoxy) is 4. The zero-order valence-electron chi connectivity index (χ0n) is 35.7. The summed E-state index contributed by atoms with van der Waals surface area (Å²) in [5.41, 5.74) is 2.04. The van der Waals surface area contributed by atoms with Crippen molar-refractivity contribution in [3.63, 3.8) is 0 Å². The van der Waals surface area contributed by atoms with Crippen molar-refractivity contribution in [2.45, 2.75) is 100 Å². The van der Waals surface area contributed by atoms with E-state index in [4.69, 9.17) is 38.2 Å². The summed E-state index contributed by atoms with van der Waals surface area (Å²) in [5, 5.41) is 1.72. The quantitative estimate of drug-likeness (QED) is 0.0325. The minimum absolute atomic E-state index is 0.0403. The van der Waals surface area contributed by atoms with Crippen LogP contribution in [0.5, 0.6) is 5.75 Å². The third kappa shape index (κ3) is 12.3. The van der Waals surface area contributed by atoms with Crippen molar-refractivity contribution in [1.29, 1.82) is 0 Å². The number of carbonyl (C=O) groups excluding carboxylic acids is 2. The number of hydrogen-bond acceptors (Lipinski definition) is 11. The smallest absolute Gasteiger partial charge is 0.306 e. The van der Waals surface area contributed by atoms with Gasteiger partial charge in [-0.25, -0.2) is 14.7 Å². The van der Waals surface area contributed by atoms with Crippen LogP contribution in [0.1, 0.15) is 57.2 Å². The van der Waals surface area contributed by atoms with E-state index in [2.05, 4.69) is 45.0 Å². The molecule has 5 aromatic carbocycles. The SMILES string of the molecule is COc1ccc(COO[C@H]2[C@H](OCc3ccccc3)[C@@H](OC(=O)CCC(C)=O)[C@H](Sc3ccc(C)cc3)O[C@H]2COO[Si](c2ccccc2)(c2ccccc2)C(C)(C)C)cc1. The van der Waals surface area contributed by atoms with Crippen LogP contribution in [0.25, 0.3) is 0 Å². The topological polar surface area (TPSA) is 108 Å². The number of rotatable bonds is 20. The molecular formula is C49H56O10SSi. The lowest BCUT2D eigenvalue weighted by Gasteiger charge is -2.45. The Kier molecular flexibility index (Phi) is 16.5. The van der Waals surface area contributed by atoms with Crippen LogP contribution in [0.2, 0.25) is 5.04 Å². The molecular weight excluding hydrogens is 809 g/mol. The van der Waals surface area contributed by atoms with Crippen LogP contribution >= 0.6 is 11.8 Å². The summed E-state index contributed by atoms with van der Waals surface area (Å²) < 4.78 is 32.2. The first-order valence-corrected chi connectivity index (χ1v) is 23.3. The van der Waals surface area contributed by atoms with E-state index in [9.17, 15) is 9.59 Å². The molecule has 12 heteroatoms. The molecule has 0 N–H and O–H groups in total. The average molecular weight is 865 g/mol. The summed E-state index contributed by atoms with van der Waals surface area (Å²) in [5.74, 6) is 0.0316. The minimum atomic E-state index is -3.14. The number of thioether (sulfide) groups is 1. The van der Waals surface area contributed by atoms with Crippen LogP contribution < -0.4 is 15.1 Å². The van der Waals surface area contributed by atoms with Crippen LogP contribution in [0, 0.1) is 6.92 Å². The van der Waals surface area contributed by atoms with Crippen molar-refractivity contribution in [2.24, 2.45) is 0 Å². The molecule has 1 heterocycles. The number of Topliss-reactive ketones (excluding diaryl/α,β-unsaturated/α-hetero) is 1. The molecule has 0 unspecified atom stereocenters. The summed E-state index contributed by atoms with van der Waals surface area (Å²) in [6, 6.07) is 45.6. The molecule has 0 amide bonds. The van der Waals surface area contributed by atoms with Gasteiger partial charge < -0.3 is 23.7 Å². The molecule has 0 saturated carbocycles. The van der Waals surface area contributed by atoms with Crippen molar-refractivity contribution in [2.75, 3.05) is 13.7 Å². The van der Waals surface area contributed by atoms with Gasteiger partial charge in [-0.3, -0.25) is 9.37 Å². The molecule has 1 aliphatic rings. The number of hydrogen-bond donors (Lipinski definition) is 0. The van der Waals surface area contributed by atoms with Crippen molar-refractivity contribution in [3.8, 4) is 5.75 Å². The van der Waals surface area contributed by atoms with Gasteiger partial charge in [0, 0.05) is 11.3 Å². The Morgan fingerprint density at radius 1 is 0.689 bits per heavy atom. The normalized spacial score (nSPS) is 19.3. The molecule has 10 nitrogen and oxygen atoms in total. The lowest BCUT2D eigenvalue weighted by Crippen LogP contribution is -2.67. The highest BCUT2D eigenvalue weighted by Crippen LogP contribution is 2.40. The molecule has 5 aromatic rings. The third-order valence-electron chi connectivity index (χ3n) is 10.5. The molecule has 61 heavy (non-hydrogen) atoms. The first-order chi connectivity index (χ1) is 29.5. The van der Waals surface area contributed by atoms with E-state index in [0.717, 1.165) is 32.0 Å². The number of benzene rings is 5. The fourth-order valence-corrected chi connectivity index (χ4v) is 12.4. The minimum Gasteiger partial charge on any atom is -0.497 e. The van der Waals surface area contributed by atoms with Crippen molar-refractivity contribution < 1.29 is 47.8 Å². The van der Waals surface area contributed by atoms with Gasteiger partial charge in [0.15, 0.2) is 12.2 Å². The molecule has 322 valence electrons. The Bertz CT molecular complexity index is 2060. The standard InChI is InChI=1S/C49H56O10SSi/c1-35-22-29-40(30-23-35)60-48-47(57-44(51)31-24-36(2)50)46(53-32-37-16-10-7-11-17-37)45(58-54-33-38-25-27-39(52-6)28-26-38)43(56-48)34-55-59-61(49(3,4)5,41-18-12-8-13-19-41)42-20-14-9-15-21-42/h7-23,25-30,43,45-48H,24,31-34H2,1-6H3/t43-,45+,46-,47+,48-/m0/s1. The Hall–Kier alpha value is -4.63. The number of aryl methyl sites for hydroxylation is 1. The summed E-state index contributed by atoms with van der Waals surface area (Å²) >= 11 is 1.40. The van der Waals surface area contributed by atoms with E-state index in [1.807, 2.05) is 122 Å². The van der Waals surface area contributed by atoms with Gasteiger partial charge >= 0.3 is 14.3 Å². The summed E-state index contributed by atoms with van der Waals surface area (Å²) in [4.78, 5) is 45.2. The molecule has 0 aromatic heterocycles. The molecule has 0 aliphatic carbocycles. The second-order valence-electron chi connectivity index (χ2n) is 16.1. The maximum atomic E-state index is 13.5. The second-order valence-corrected chi connectivity index (χ2v) is 21.4. The van der Waals surface area contributed by atoms with Crippen molar-refractivity contribution in [1.82, 2.24) is 0 Å². The first-order valence-electron chi connectivity index (χ1n) is 20.5. The molecule has 1 aliphatic heterocycles. The highest BCUT2D eigenvalue weighted by molar-refractivity contribution is 7.99. The number of carbonyl (C=O) groups is 2. The van der Waals surface area contributed by atoms with E-state index in [1.165, 1.54) is 18.7 Å². The lowest BCUT2D eigenvalue weighted by atomic mass is 9.99. The van der Waals surface area contributed by atoms with Crippen LogP contribution in [0.4, 0.5) is 0 Å². The summed E-state index contributed by atoms with van der Waals surface area (Å²) in [6.45, 7) is 10.1. The third-order valence-corrected chi connectivity index (χ3v) is 16.4.